The van der Waals surface area contributed by atoms with Gasteiger partial charge in [-0.1, -0.05) is 17.3 Å². The maximum atomic E-state index is 11.0. The largest absolute Gasteiger partial charge is 0.494 e. The summed E-state index contributed by atoms with van der Waals surface area (Å²) in [5, 5.41) is 16.3. The van der Waals surface area contributed by atoms with Gasteiger partial charge in [0.05, 0.1) is 18.4 Å². The predicted molar refractivity (Wildman–Crippen MR) is 71.4 cm³/mol. The first-order chi connectivity index (χ1) is 9.78. The molecule has 0 saturated heterocycles. The van der Waals surface area contributed by atoms with Crippen molar-refractivity contribution < 1.29 is 9.53 Å². The second-order valence-corrected chi connectivity index (χ2v) is 4.11. The van der Waals surface area contributed by atoms with Gasteiger partial charge in [0.25, 0.3) is 0 Å². The van der Waals surface area contributed by atoms with Crippen LogP contribution in [0, 0.1) is 11.3 Å². The molecule has 1 aromatic heterocycles. The molecule has 0 saturated carbocycles. The van der Waals surface area contributed by atoms with E-state index >= 15 is 0 Å². The van der Waals surface area contributed by atoms with E-state index in [-0.39, 0.29) is 12.2 Å². The van der Waals surface area contributed by atoms with Gasteiger partial charge in [0, 0.05) is 6.42 Å². The van der Waals surface area contributed by atoms with E-state index in [1.54, 1.807) is 0 Å². The number of hydrogen-bond donors (Lipinski definition) is 0. The van der Waals surface area contributed by atoms with E-state index in [1.807, 2.05) is 37.3 Å². The number of nitrogens with zero attached hydrogens (tertiary/aromatic N) is 4. The molecule has 102 valence electrons. The van der Waals surface area contributed by atoms with Crippen molar-refractivity contribution >= 4 is 6.29 Å². The standard InChI is InChI=1S/C14H14N4O2/c1-2-20-12-5-3-11(4-6-12)9-14-13(10-19)16-17-18(14)8-7-15/h3-6,10H,2,8-9H2,1H3. The summed E-state index contributed by atoms with van der Waals surface area (Å²) in [6, 6.07) is 9.58. The van der Waals surface area contributed by atoms with E-state index in [4.69, 9.17) is 10.00 Å². The summed E-state index contributed by atoms with van der Waals surface area (Å²) in [7, 11) is 0. The van der Waals surface area contributed by atoms with Gasteiger partial charge in [-0.25, -0.2) is 4.68 Å². The Morgan fingerprint density at radius 2 is 2.15 bits per heavy atom. The minimum absolute atomic E-state index is 0.0766. The van der Waals surface area contributed by atoms with Crippen molar-refractivity contribution in [3.8, 4) is 11.8 Å². The lowest BCUT2D eigenvalue weighted by Gasteiger charge is -2.06. The molecule has 1 heterocycles. The molecule has 2 rings (SSSR count). The molecule has 0 fully saturated rings. The number of benzene rings is 1. The summed E-state index contributed by atoms with van der Waals surface area (Å²) in [6.45, 7) is 2.62. The lowest BCUT2D eigenvalue weighted by molar-refractivity contribution is 0.111. The number of aromatic nitrogens is 3. The highest BCUT2D eigenvalue weighted by atomic mass is 16.5. The van der Waals surface area contributed by atoms with Crippen molar-refractivity contribution in [2.24, 2.45) is 0 Å². The van der Waals surface area contributed by atoms with E-state index in [9.17, 15) is 4.79 Å². The van der Waals surface area contributed by atoms with Crippen molar-refractivity contribution in [3.63, 3.8) is 0 Å². The minimum Gasteiger partial charge on any atom is -0.494 e. The van der Waals surface area contributed by atoms with Crippen LogP contribution < -0.4 is 4.74 Å². The van der Waals surface area contributed by atoms with Crippen LogP contribution >= 0.6 is 0 Å². The number of rotatable bonds is 6. The van der Waals surface area contributed by atoms with Gasteiger partial charge in [-0.05, 0) is 24.6 Å². The molecule has 0 radical (unpaired) electrons. The molecular formula is C14H14N4O2. The van der Waals surface area contributed by atoms with Crippen LogP contribution in [-0.4, -0.2) is 27.9 Å². The maximum absolute atomic E-state index is 11.0. The van der Waals surface area contributed by atoms with Crippen molar-refractivity contribution in [1.82, 2.24) is 15.0 Å². The van der Waals surface area contributed by atoms with Gasteiger partial charge < -0.3 is 4.74 Å². The van der Waals surface area contributed by atoms with Gasteiger partial charge in [-0.3, -0.25) is 4.79 Å². The number of carbonyl (C=O) groups is 1. The van der Waals surface area contributed by atoms with Crippen LogP contribution in [0.5, 0.6) is 5.75 Å². The third-order valence-corrected chi connectivity index (χ3v) is 2.81. The zero-order valence-electron chi connectivity index (χ0n) is 11.1. The molecule has 2 aromatic rings. The summed E-state index contributed by atoms with van der Waals surface area (Å²) >= 11 is 0. The molecule has 0 aliphatic rings. The fourth-order valence-corrected chi connectivity index (χ4v) is 1.88. The molecule has 0 bridgehead atoms. The van der Waals surface area contributed by atoms with Crippen molar-refractivity contribution in [1.29, 1.82) is 5.26 Å². The molecule has 0 N–H and O–H groups in total. The predicted octanol–water partition coefficient (Wildman–Crippen LogP) is 1.60. The topological polar surface area (TPSA) is 80.8 Å². The molecule has 0 aliphatic carbocycles. The smallest absolute Gasteiger partial charge is 0.172 e. The number of aldehydes is 1. The summed E-state index contributed by atoms with van der Waals surface area (Å²) in [6.07, 6.45) is 1.15. The van der Waals surface area contributed by atoms with Crippen LogP contribution in [0.15, 0.2) is 24.3 Å². The molecule has 0 atom stereocenters. The Kier molecular flexibility index (Phi) is 4.45. The third kappa shape index (κ3) is 3.01. The average molecular weight is 270 g/mol. The highest BCUT2D eigenvalue weighted by molar-refractivity contribution is 5.73. The molecule has 6 nitrogen and oxygen atoms in total. The van der Waals surface area contributed by atoms with Gasteiger partial charge in [0.2, 0.25) is 0 Å². The number of carbonyl (C=O) groups excluding carboxylic acids is 1. The van der Waals surface area contributed by atoms with Crippen LogP contribution in [0.1, 0.15) is 28.7 Å². The maximum Gasteiger partial charge on any atom is 0.172 e. The average Bonchev–Trinajstić information content (AvgIpc) is 2.84. The van der Waals surface area contributed by atoms with E-state index in [0.717, 1.165) is 11.3 Å². The molecule has 20 heavy (non-hydrogen) atoms. The minimum atomic E-state index is 0.0766. The Morgan fingerprint density at radius 3 is 2.75 bits per heavy atom. The molecule has 1 aromatic carbocycles. The quantitative estimate of drug-likeness (QED) is 0.745. The Balaban J connectivity index is 2.22. The zero-order chi connectivity index (χ0) is 14.4. The SMILES string of the molecule is CCOc1ccc(Cc2c(C=O)nnn2CC#N)cc1. The van der Waals surface area contributed by atoms with Crippen LogP contribution in [0.25, 0.3) is 0 Å². The lowest BCUT2D eigenvalue weighted by Crippen LogP contribution is -2.06. The number of ether oxygens (including phenoxy) is 1. The first kappa shape index (κ1) is 13.7. The second kappa shape index (κ2) is 6.48. The number of hydrogen-bond acceptors (Lipinski definition) is 5. The summed E-state index contributed by atoms with van der Waals surface area (Å²) < 4.78 is 6.82. The van der Waals surface area contributed by atoms with E-state index in [0.29, 0.717) is 25.0 Å². The Bertz CT molecular complexity index is 626. The Morgan fingerprint density at radius 1 is 1.40 bits per heavy atom. The summed E-state index contributed by atoms with van der Waals surface area (Å²) in [5.41, 5.74) is 1.91. The first-order valence-electron chi connectivity index (χ1n) is 6.24. The Labute approximate surface area is 116 Å². The molecular weight excluding hydrogens is 256 g/mol. The van der Waals surface area contributed by atoms with Crippen molar-refractivity contribution in [2.75, 3.05) is 6.61 Å². The highest BCUT2D eigenvalue weighted by Gasteiger charge is 2.12. The van der Waals surface area contributed by atoms with Crippen LogP contribution in [-0.2, 0) is 13.0 Å². The summed E-state index contributed by atoms with van der Waals surface area (Å²) in [5.74, 6) is 0.801. The van der Waals surface area contributed by atoms with E-state index < -0.39 is 0 Å². The lowest BCUT2D eigenvalue weighted by atomic mass is 10.1. The van der Waals surface area contributed by atoms with Crippen LogP contribution in [0.4, 0.5) is 0 Å². The van der Waals surface area contributed by atoms with Gasteiger partial charge in [-0.2, -0.15) is 5.26 Å². The van der Waals surface area contributed by atoms with E-state index in [2.05, 4.69) is 10.3 Å². The molecule has 0 amide bonds. The van der Waals surface area contributed by atoms with Crippen molar-refractivity contribution in [3.05, 3.63) is 41.2 Å². The molecule has 0 spiro atoms. The summed E-state index contributed by atoms with van der Waals surface area (Å²) in [4.78, 5) is 11.0. The van der Waals surface area contributed by atoms with Crippen LogP contribution in [0.2, 0.25) is 0 Å². The van der Waals surface area contributed by atoms with Gasteiger partial charge in [-0.15, -0.1) is 5.10 Å². The van der Waals surface area contributed by atoms with Gasteiger partial charge in [0.15, 0.2) is 6.29 Å². The molecule has 0 unspecified atom stereocenters. The first-order valence-corrected chi connectivity index (χ1v) is 6.24. The van der Waals surface area contributed by atoms with Crippen LogP contribution in [0.3, 0.4) is 0 Å². The van der Waals surface area contributed by atoms with Gasteiger partial charge in [0.1, 0.15) is 18.0 Å². The highest BCUT2D eigenvalue weighted by Crippen LogP contribution is 2.16. The zero-order valence-corrected chi connectivity index (χ0v) is 11.1. The fraction of sp³-hybridized carbons (Fsp3) is 0.286. The third-order valence-electron chi connectivity index (χ3n) is 2.81. The van der Waals surface area contributed by atoms with Gasteiger partial charge >= 0.3 is 0 Å². The molecule has 6 heteroatoms. The number of nitriles is 1. The fourth-order valence-electron chi connectivity index (χ4n) is 1.88. The second-order valence-electron chi connectivity index (χ2n) is 4.11. The van der Waals surface area contributed by atoms with Crippen molar-refractivity contribution in [2.45, 2.75) is 19.9 Å². The normalized spacial score (nSPS) is 10.0. The monoisotopic (exact) mass is 270 g/mol. The van der Waals surface area contributed by atoms with E-state index in [1.165, 1.54) is 4.68 Å². The molecule has 0 aliphatic heterocycles. The Hall–Kier alpha value is -2.68.